The molecule has 0 aliphatic rings. The van der Waals surface area contributed by atoms with Crippen LogP contribution in [0.15, 0.2) is 42.5 Å². The standard InChI is InChI=1S/C23H28FNO5/c1-5-29-21(27)14-18(25-22(28)30-23(2,3)4)12-15-6-8-16(9-7-15)19-13-17(24)10-11-20(19)26/h6-11,13,18,26H,5,12,14H2,1-4H3,(H,25,28)/t18-/m1/s1. The summed E-state index contributed by atoms with van der Waals surface area (Å²) in [6.45, 7) is 7.24. The van der Waals surface area contributed by atoms with Crippen molar-refractivity contribution in [2.75, 3.05) is 6.61 Å². The molecule has 0 unspecified atom stereocenters. The predicted molar refractivity (Wildman–Crippen MR) is 112 cm³/mol. The molecule has 30 heavy (non-hydrogen) atoms. The lowest BCUT2D eigenvalue weighted by Gasteiger charge is -2.23. The van der Waals surface area contributed by atoms with E-state index in [4.69, 9.17) is 9.47 Å². The van der Waals surface area contributed by atoms with Gasteiger partial charge in [0.25, 0.3) is 0 Å². The molecule has 1 amide bonds. The smallest absolute Gasteiger partial charge is 0.407 e. The van der Waals surface area contributed by atoms with Crippen molar-refractivity contribution in [1.29, 1.82) is 0 Å². The van der Waals surface area contributed by atoms with Gasteiger partial charge in [-0.15, -0.1) is 0 Å². The Morgan fingerprint density at radius 3 is 2.40 bits per heavy atom. The van der Waals surface area contributed by atoms with E-state index in [1.165, 1.54) is 18.2 Å². The molecule has 7 heteroatoms. The van der Waals surface area contributed by atoms with Crippen molar-refractivity contribution in [2.45, 2.75) is 52.2 Å². The zero-order valence-corrected chi connectivity index (χ0v) is 17.7. The minimum absolute atomic E-state index is 0.000477. The van der Waals surface area contributed by atoms with Gasteiger partial charge in [-0.05, 0) is 63.4 Å². The summed E-state index contributed by atoms with van der Waals surface area (Å²) in [5.41, 5.74) is 1.22. The number of alkyl carbamates (subject to hydrolysis) is 1. The minimum Gasteiger partial charge on any atom is -0.507 e. The first-order valence-electron chi connectivity index (χ1n) is 9.80. The van der Waals surface area contributed by atoms with Crippen LogP contribution in [0.1, 0.15) is 39.7 Å². The summed E-state index contributed by atoms with van der Waals surface area (Å²) in [6, 6.07) is 10.3. The van der Waals surface area contributed by atoms with Crippen molar-refractivity contribution >= 4 is 12.1 Å². The van der Waals surface area contributed by atoms with Crippen molar-refractivity contribution in [3.05, 3.63) is 53.8 Å². The van der Waals surface area contributed by atoms with Crippen LogP contribution in [0.3, 0.4) is 0 Å². The Labute approximate surface area is 176 Å². The molecular formula is C23H28FNO5. The molecule has 0 saturated carbocycles. The van der Waals surface area contributed by atoms with Crippen LogP contribution in [-0.2, 0) is 20.7 Å². The van der Waals surface area contributed by atoms with Gasteiger partial charge in [-0.1, -0.05) is 24.3 Å². The Kier molecular flexibility index (Phi) is 7.80. The van der Waals surface area contributed by atoms with Gasteiger partial charge in [0.2, 0.25) is 0 Å². The maximum atomic E-state index is 13.5. The molecule has 0 bridgehead atoms. The van der Waals surface area contributed by atoms with Crippen molar-refractivity contribution in [3.63, 3.8) is 0 Å². The summed E-state index contributed by atoms with van der Waals surface area (Å²) >= 11 is 0. The Morgan fingerprint density at radius 1 is 1.13 bits per heavy atom. The number of carbonyl (C=O) groups excluding carboxylic acids is 2. The molecule has 2 N–H and O–H groups in total. The molecule has 2 aromatic rings. The summed E-state index contributed by atoms with van der Waals surface area (Å²) in [4.78, 5) is 24.1. The third-order valence-corrected chi connectivity index (χ3v) is 4.14. The van der Waals surface area contributed by atoms with E-state index in [0.717, 1.165) is 5.56 Å². The highest BCUT2D eigenvalue weighted by molar-refractivity contribution is 5.73. The van der Waals surface area contributed by atoms with Gasteiger partial charge in [-0.25, -0.2) is 9.18 Å². The largest absolute Gasteiger partial charge is 0.507 e. The second-order valence-electron chi connectivity index (χ2n) is 7.91. The third kappa shape index (κ3) is 7.39. The van der Waals surface area contributed by atoms with Crippen molar-refractivity contribution in [1.82, 2.24) is 5.32 Å². The van der Waals surface area contributed by atoms with Gasteiger partial charge in [0.05, 0.1) is 13.0 Å². The average molecular weight is 417 g/mol. The fraction of sp³-hybridized carbons (Fsp3) is 0.391. The van der Waals surface area contributed by atoms with Gasteiger partial charge >= 0.3 is 12.1 Å². The van der Waals surface area contributed by atoms with Crippen molar-refractivity contribution < 1.29 is 28.6 Å². The lowest BCUT2D eigenvalue weighted by atomic mass is 9.99. The van der Waals surface area contributed by atoms with E-state index in [1.54, 1.807) is 52.0 Å². The fourth-order valence-electron chi connectivity index (χ4n) is 2.91. The molecule has 0 aliphatic heterocycles. The van der Waals surface area contributed by atoms with Gasteiger partial charge < -0.3 is 19.9 Å². The molecule has 0 heterocycles. The molecular weight excluding hydrogens is 389 g/mol. The number of benzene rings is 2. The topological polar surface area (TPSA) is 84.9 Å². The van der Waals surface area contributed by atoms with Gasteiger partial charge in [-0.2, -0.15) is 0 Å². The Bertz CT molecular complexity index is 874. The van der Waals surface area contributed by atoms with Crippen LogP contribution >= 0.6 is 0 Å². The maximum Gasteiger partial charge on any atom is 0.407 e. The van der Waals surface area contributed by atoms with Gasteiger partial charge in [0, 0.05) is 11.6 Å². The molecule has 0 spiro atoms. The number of nitrogens with one attached hydrogen (secondary N) is 1. The number of esters is 1. The molecule has 6 nitrogen and oxygen atoms in total. The zero-order valence-electron chi connectivity index (χ0n) is 17.7. The molecule has 162 valence electrons. The SMILES string of the molecule is CCOC(=O)C[C@@H](Cc1ccc(-c2cc(F)ccc2O)cc1)NC(=O)OC(C)(C)C. The van der Waals surface area contributed by atoms with E-state index in [1.807, 2.05) is 0 Å². The highest BCUT2D eigenvalue weighted by Gasteiger charge is 2.22. The van der Waals surface area contributed by atoms with Crippen LogP contribution in [0.4, 0.5) is 9.18 Å². The number of phenols is 1. The number of carbonyl (C=O) groups is 2. The molecule has 1 atom stereocenters. The van der Waals surface area contributed by atoms with E-state index >= 15 is 0 Å². The summed E-state index contributed by atoms with van der Waals surface area (Å²) in [5, 5.41) is 12.7. The van der Waals surface area contributed by atoms with Crippen molar-refractivity contribution in [3.8, 4) is 16.9 Å². The van der Waals surface area contributed by atoms with Crippen molar-refractivity contribution in [2.24, 2.45) is 0 Å². The first kappa shape index (κ1) is 23.2. The number of hydrogen-bond donors (Lipinski definition) is 2. The number of halogens is 1. The van der Waals surface area contributed by atoms with E-state index in [9.17, 15) is 19.1 Å². The monoisotopic (exact) mass is 417 g/mol. The van der Waals surface area contributed by atoms with Crippen LogP contribution in [0.25, 0.3) is 11.1 Å². The second-order valence-corrected chi connectivity index (χ2v) is 7.91. The van der Waals surface area contributed by atoms with Crippen LogP contribution in [0.5, 0.6) is 5.75 Å². The highest BCUT2D eigenvalue weighted by Crippen LogP contribution is 2.30. The first-order valence-corrected chi connectivity index (χ1v) is 9.80. The zero-order chi connectivity index (χ0) is 22.3. The Hall–Kier alpha value is -3.09. The Balaban J connectivity index is 2.14. The molecule has 0 aromatic heterocycles. The molecule has 2 aromatic carbocycles. The first-order chi connectivity index (χ1) is 14.1. The van der Waals surface area contributed by atoms with E-state index in [-0.39, 0.29) is 18.8 Å². The molecule has 2 rings (SSSR count). The van der Waals surface area contributed by atoms with Gasteiger partial charge in [-0.3, -0.25) is 4.79 Å². The maximum absolute atomic E-state index is 13.5. The number of aromatic hydroxyl groups is 1. The van der Waals surface area contributed by atoms with Gasteiger partial charge in [0.15, 0.2) is 0 Å². The lowest BCUT2D eigenvalue weighted by molar-refractivity contribution is -0.143. The van der Waals surface area contributed by atoms with Crippen LogP contribution in [0, 0.1) is 5.82 Å². The van der Waals surface area contributed by atoms with Crippen LogP contribution in [-0.4, -0.2) is 35.4 Å². The normalized spacial score (nSPS) is 12.2. The van der Waals surface area contributed by atoms with Gasteiger partial charge in [0.1, 0.15) is 17.2 Å². The Morgan fingerprint density at radius 2 is 1.80 bits per heavy atom. The van der Waals surface area contributed by atoms with Crippen LogP contribution in [0.2, 0.25) is 0 Å². The number of phenolic OH excluding ortho intramolecular Hbond substituents is 1. The number of hydrogen-bond acceptors (Lipinski definition) is 5. The number of amides is 1. The molecule has 0 radical (unpaired) electrons. The molecule has 0 saturated heterocycles. The highest BCUT2D eigenvalue weighted by atomic mass is 19.1. The number of ether oxygens (including phenoxy) is 2. The molecule has 0 aliphatic carbocycles. The number of rotatable bonds is 7. The lowest BCUT2D eigenvalue weighted by Crippen LogP contribution is -2.41. The summed E-state index contributed by atoms with van der Waals surface area (Å²) in [7, 11) is 0. The fourth-order valence-corrected chi connectivity index (χ4v) is 2.91. The summed E-state index contributed by atoms with van der Waals surface area (Å²) in [6.07, 6.45) is -0.245. The van der Waals surface area contributed by atoms with E-state index < -0.39 is 29.5 Å². The second kappa shape index (κ2) is 10.1. The van der Waals surface area contributed by atoms with E-state index in [2.05, 4.69) is 5.32 Å². The molecule has 0 fully saturated rings. The minimum atomic E-state index is -0.660. The van der Waals surface area contributed by atoms with E-state index in [0.29, 0.717) is 17.5 Å². The van der Waals surface area contributed by atoms with Crippen LogP contribution < -0.4 is 5.32 Å². The quantitative estimate of drug-likeness (QED) is 0.644. The average Bonchev–Trinajstić information content (AvgIpc) is 2.63. The summed E-state index contributed by atoms with van der Waals surface area (Å²) < 4.78 is 23.8. The summed E-state index contributed by atoms with van der Waals surface area (Å²) in [5.74, 6) is -0.876. The third-order valence-electron chi connectivity index (χ3n) is 4.14. The predicted octanol–water partition coefficient (Wildman–Crippen LogP) is 4.59.